The lowest BCUT2D eigenvalue weighted by Crippen LogP contribution is -2.26. The van der Waals surface area contributed by atoms with Crippen LogP contribution in [-0.4, -0.2) is 41.4 Å². The van der Waals surface area contributed by atoms with Crippen molar-refractivity contribution in [3.8, 4) is 11.5 Å². The van der Waals surface area contributed by atoms with Gasteiger partial charge in [0.25, 0.3) is 5.91 Å². The van der Waals surface area contributed by atoms with Gasteiger partial charge in [-0.05, 0) is 48.4 Å². The molecule has 0 spiro atoms. The number of carbonyl (C=O) groups excluding carboxylic acids is 1. The first-order valence-corrected chi connectivity index (χ1v) is 10.7. The first-order valence-electron chi connectivity index (χ1n) is 9.87. The lowest BCUT2D eigenvalue weighted by atomic mass is 10.1. The summed E-state index contributed by atoms with van der Waals surface area (Å²) in [6.07, 6.45) is -4.26. The zero-order chi connectivity index (χ0) is 24.6. The van der Waals surface area contributed by atoms with E-state index in [1.54, 1.807) is 17.5 Å². The Balaban J connectivity index is 1.50. The fourth-order valence-corrected chi connectivity index (χ4v) is 3.36. The number of ether oxygens (including phenoxy) is 2. The fraction of sp³-hybridized carbons (Fsp3) is 0.227. The Morgan fingerprint density at radius 1 is 1.09 bits per heavy atom. The second-order valence-corrected chi connectivity index (χ2v) is 7.69. The Morgan fingerprint density at radius 3 is 2.41 bits per heavy atom. The molecule has 0 aliphatic carbocycles. The molecule has 0 saturated heterocycles. The van der Waals surface area contributed by atoms with E-state index in [0.717, 1.165) is 17.7 Å². The summed E-state index contributed by atoms with van der Waals surface area (Å²) in [5.41, 5.74) is 1.09. The molecule has 1 aromatic heterocycles. The molecule has 180 valence electrons. The van der Waals surface area contributed by atoms with E-state index in [4.69, 9.17) is 4.74 Å². The Kier molecular flexibility index (Phi) is 8.55. The zero-order valence-electron chi connectivity index (χ0n) is 17.5. The molecule has 0 saturated carbocycles. The van der Waals surface area contributed by atoms with Crippen LogP contribution in [-0.2, 0) is 13.0 Å². The number of amides is 1. The highest BCUT2D eigenvalue weighted by Crippen LogP contribution is 2.25. The summed E-state index contributed by atoms with van der Waals surface area (Å²) >= 11 is 1.19. The maximum atomic E-state index is 12.9. The van der Waals surface area contributed by atoms with E-state index in [0.29, 0.717) is 18.0 Å². The highest BCUT2D eigenvalue weighted by molar-refractivity contribution is 7.09. The van der Waals surface area contributed by atoms with Crippen LogP contribution in [0.3, 0.4) is 0 Å². The molecule has 0 radical (unpaired) electrons. The van der Waals surface area contributed by atoms with E-state index in [-0.39, 0.29) is 35.6 Å². The number of benzene rings is 2. The van der Waals surface area contributed by atoms with Crippen LogP contribution < -0.4 is 14.8 Å². The van der Waals surface area contributed by atoms with Gasteiger partial charge in [-0.25, -0.2) is 14.4 Å². The van der Waals surface area contributed by atoms with Crippen LogP contribution in [0.15, 0.2) is 58.9 Å². The SMILES string of the molecule is O=C(NCCc1ccc(F)cc1)c1csc(CN=C(CO)Oc2ccc(OC(F)(F)F)cc2)n1. The van der Waals surface area contributed by atoms with E-state index in [1.807, 2.05) is 0 Å². The van der Waals surface area contributed by atoms with Crippen molar-refractivity contribution in [2.45, 2.75) is 19.3 Å². The standard InChI is InChI=1S/C22H19F4N3O4S/c23-15-3-1-14(2-4-15)9-10-27-21(31)18-13-34-20(29-18)11-28-19(12-30)32-16-5-7-17(8-6-16)33-22(24,25)26/h1-8,13,30H,9-12H2,(H,27,31). The Hall–Kier alpha value is -3.51. The highest BCUT2D eigenvalue weighted by atomic mass is 32.1. The first kappa shape index (κ1) is 25.1. The van der Waals surface area contributed by atoms with Gasteiger partial charge in [0, 0.05) is 11.9 Å². The van der Waals surface area contributed by atoms with E-state index in [9.17, 15) is 27.5 Å². The van der Waals surface area contributed by atoms with Gasteiger partial charge in [-0.15, -0.1) is 24.5 Å². The number of hydrogen-bond donors (Lipinski definition) is 2. The number of hydrogen-bond acceptors (Lipinski definition) is 7. The first-order chi connectivity index (χ1) is 16.2. The van der Waals surface area contributed by atoms with Crippen LogP contribution >= 0.6 is 11.3 Å². The predicted molar refractivity (Wildman–Crippen MR) is 117 cm³/mol. The minimum absolute atomic E-state index is 0.0265. The molecule has 1 amide bonds. The molecule has 0 unspecified atom stereocenters. The smallest absolute Gasteiger partial charge is 0.441 e. The summed E-state index contributed by atoms with van der Waals surface area (Å²) in [4.78, 5) is 20.5. The van der Waals surface area contributed by atoms with Gasteiger partial charge in [0.1, 0.15) is 34.6 Å². The number of aromatic nitrogens is 1. The summed E-state index contributed by atoms with van der Waals surface area (Å²) in [5, 5.41) is 14.2. The zero-order valence-corrected chi connectivity index (χ0v) is 18.3. The van der Waals surface area contributed by atoms with Crippen LogP contribution in [0.1, 0.15) is 21.1 Å². The Labute approximate surface area is 195 Å². The normalized spacial score (nSPS) is 11.9. The summed E-state index contributed by atoms with van der Waals surface area (Å²) in [5.74, 6) is -1.02. The monoisotopic (exact) mass is 497 g/mol. The number of alkyl halides is 3. The number of nitrogens with zero attached hydrogens (tertiary/aromatic N) is 2. The molecule has 2 N–H and O–H groups in total. The molecule has 2 aromatic carbocycles. The minimum Gasteiger partial charge on any atom is -0.441 e. The number of thiazole rings is 1. The van der Waals surface area contributed by atoms with E-state index >= 15 is 0 Å². The Bertz CT molecular complexity index is 1120. The maximum absolute atomic E-state index is 12.9. The third kappa shape index (κ3) is 8.12. The van der Waals surface area contributed by atoms with Crippen LogP contribution in [0.25, 0.3) is 0 Å². The van der Waals surface area contributed by atoms with Gasteiger partial charge < -0.3 is 19.9 Å². The number of carbonyl (C=O) groups is 1. The lowest BCUT2D eigenvalue weighted by molar-refractivity contribution is -0.274. The quantitative estimate of drug-likeness (QED) is 0.264. The molecule has 3 rings (SSSR count). The Morgan fingerprint density at radius 2 is 1.76 bits per heavy atom. The molecule has 7 nitrogen and oxygen atoms in total. The number of nitrogens with one attached hydrogen (secondary N) is 1. The molecule has 0 bridgehead atoms. The van der Waals surface area contributed by atoms with Crippen LogP contribution in [0.5, 0.6) is 11.5 Å². The summed E-state index contributed by atoms with van der Waals surface area (Å²) in [6, 6.07) is 10.6. The van der Waals surface area contributed by atoms with Crippen LogP contribution in [0, 0.1) is 5.82 Å². The molecule has 0 aliphatic rings. The van der Waals surface area contributed by atoms with Crippen molar-refractivity contribution in [1.29, 1.82) is 0 Å². The summed E-state index contributed by atoms with van der Waals surface area (Å²) in [6.45, 7) is -0.174. The lowest BCUT2D eigenvalue weighted by Gasteiger charge is -2.10. The molecule has 34 heavy (non-hydrogen) atoms. The van der Waals surface area contributed by atoms with E-state index < -0.39 is 18.7 Å². The number of aliphatic imine (C=N–C) groups is 1. The summed E-state index contributed by atoms with van der Waals surface area (Å²) < 4.78 is 58.7. The van der Waals surface area contributed by atoms with Crippen molar-refractivity contribution in [3.05, 3.63) is 76.0 Å². The second kappa shape index (κ2) is 11.6. The topological polar surface area (TPSA) is 93.0 Å². The van der Waals surface area contributed by atoms with Crippen molar-refractivity contribution in [1.82, 2.24) is 10.3 Å². The van der Waals surface area contributed by atoms with Crippen molar-refractivity contribution in [2.24, 2.45) is 4.99 Å². The molecule has 0 fully saturated rings. The van der Waals surface area contributed by atoms with Crippen LogP contribution in [0.2, 0.25) is 0 Å². The van der Waals surface area contributed by atoms with Crippen molar-refractivity contribution in [2.75, 3.05) is 13.2 Å². The van der Waals surface area contributed by atoms with Gasteiger partial charge in [0.05, 0.1) is 6.54 Å². The predicted octanol–water partition coefficient (Wildman–Crippen LogP) is 4.12. The van der Waals surface area contributed by atoms with Gasteiger partial charge >= 0.3 is 6.36 Å². The molecule has 0 atom stereocenters. The van der Waals surface area contributed by atoms with Gasteiger partial charge in [-0.3, -0.25) is 4.79 Å². The number of halogens is 4. The average Bonchev–Trinajstić information content (AvgIpc) is 3.27. The third-order valence-corrected chi connectivity index (χ3v) is 5.05. The molecule has 3 aromatic rings. The molecule has 0 aliphatic heterocycles. The minimum atomic E-state index is -4.80. The van der Waals surface area contributed by atoms with Crippen molar-refractivity contribution < 1.29 is 36.9 Å². The third-order valence-electron chi connectivity index (χ3n) is 4.22. The van der Waals surface area contributed by atoms with Gasteiger partial charge in [-0.1, -0.05) is 12.1 Å². The van der Waals surface area contributed by atoms with Gasteiger partial charge in [0.2, 0.25) is 5.90 Å². The van der Waals surface area contributed by atoms with E-state index in [2.05, 4.69) is 20.0 Å². The molecule has 1 heterocycles. The van der Waals surface area contributed by atoms with Crippen molar-refractivity contribution in [3.63, 3.8) is 0 Å². The average molecular weight is 497 g/mol. The number of rotatable bonds is 9. The number of aliphatic hydroxyl groups excluding tert-OH is 1. The van der Waals surface area contributed by atoms with Gasteiger partial charge in [-0.2, -0.15) is 0 Å². The molecular formula is C22H19F4N3O4S. The highest BCUT2D eigenvalue weighted by Gasteiger charge is 2.31. The van der Waals surface area contributed by atoms with Crippen molar-refractivity contribution >= 4 is 23.1 Å². The molecular weight excluding hydrogens is 478 g/mol. The van der Waals surface area contributed by atoms with Crippen LogP contribution in [0.4, 0.5) is 17.6 Å². The summed E-state index contributed by atoms with van der Waals surface area (Å²) in [7, 11) is 0. The maximum Gasteiger partial charge on any atom is 0.573 e. The molecule has 12 heteroatoms. The fourth-order valence-electron chi connectivity index (χ4n) is 2.67. The number of aliphatic hydroxyl groups is 1. The van der Waals surface area contributed by atoms with Gasteiger partial charge in [0.15, 0.2) is 0 Å². The largest absolute Gasteiger partial charge is 0.573 e. The van der Waals surface area contributed by atoms with E-state index in [1.165, 1.54) is 35.6 Å². The second-order valence-electron chi connectivity index (χ2n) is 6.75.